The number of benzene rings is 3. The third kappa shape index (κ3) is 5.51. The van der Waals surface area contributed by atoms with Gasteiger partial charge in [0.2, 0.25) is 0 Å². The molecule has 0 unspecified atom stereocenters. The first-order valence-corrected chi connectivity index (χ1v) is 12.6. The van der Waals surface area contributed by atoms with Gasteiger partial charge in [-0.2, -0.15) is 0 Å². The van der Waals surface area contributed by atoms with Gasteiger partial charge in [0.1, 0.15) is 0 Å². The van der Waals surface area contributed by atoms with E-state index in [4.69, 9.17) is 11.6 Å². The number of nitrogens with zero attached hydrogens (tertiary/aromatic N) is 2. The van der Waals surface area contributed by atoms with Gasteiger partial charge < -0.3 is 10.2 Å². The number of rotatable bonds is 6. The highest BCUT2D eigenvalue weighted by atomic mass is 35.5. The zero-order valence-corrected chi connectivity index (χ0v) is 20.8. The highest BCUT2D eigenvalue weighted by molar-refractivity contribution is 8.04. The molecule has 3 aromatic carbocycles. The SMILES string of the molecule is O=C(NCc1cccnc1)c1ccc(/C=C2/Sc3ccccc3N(Cc3cccc(Cl)c3)C2=O)cc1. The maximum atomic E-state index is 13.5. The standard InChI is InChI=1S/C29H22ClN3O2S/c30-24-7-3-5-21(15-24)19-33-25-8-1-2-9-26(25)36-27(29(33)35)16-20-10-12-23(13-11-20)28(34)32-18-22-6-4-14-31-17-22/h1-17H,18-19H2,(H,32,34)/b27-16+. The highest BCUT2D eigenvalue weighted by Gasteiger charge is 2.29. The van der Waals surface area contributed by atoms with Crippen LogP contribution in [0.5, 0.6) is 0 Å². The Morgan fingerprint density at radius 3 is 2.56 bits per heavy atom. The third-order valence-corrected chi connectivity index (χ3v) is 7.02. The molecule has 36 heavy (non-hydrogen) atoms. The number of fused-ring (bicyclic) bond motifs is 1. The molecule has 0 aliphatic carbocycles. The minimum Gasteiger partial charge on any atom is -0.348 e. The monoisotopic (exact) mass is 511 g/mol. The summed E-state index contributed by atoms with van der Waals surface area (Å²) in [5.41, 5.74) is 4.17. The molecule has 0 spiro atoms. The molecule has 7 heteroatoms. The van der Waals surface area contributed by atoms with Crippen LogP contribution in [-0.4, -0.2) is 16.8 Å². The van der Waals surface area contributed by atoms with E-state index in [1.165, 1.54) is 11.8 Å². The normalized spacial score (nSPS) is 14.0. The molecule has 0 bridgehead atoms. The largest absolute Gasteiger partial charge is 0.348 e. The van der Waals surface area contributed by atoms with Gasteiger partial charge in [0.05, 0.1) is 17.1 Å². The van der Waals surface area contributed by atoms with Gasteiger partial charge in [-0.05, 0) is 65.2 Å². The van der Waals surface area contributed by atoms with E-state index in [-0.39, 0.29) is 11.8 Å². The molecule has 0 saturated carbocycles. The lowest BCUT2D eigenvalue weighted by molar-refractivity contribution is -0.114. The van der Waals surface area contributed by atoms with E-state index in [2.05, 4.69) is 10.3 Å². The third-order valence-electron chi connectivity index (χ3n) is 5.71. The lowest BCUT2D eigenvalue weighted by atomic mass is 10.1. The number of hydrogen-bond donors (Lipinski definition) is 1. The molecule has 1 aromatic heterocycles. The maximum Gasteiger partial charge on any atom is 0.265 e. The first-order chi connectivity index (χ1) is 17.6. The second-order valence-electron chi connectivity index (χ2n) is 8.27. The van der Waals surface area contributed by atoms with Gasteiger partial charge in [-0.25, -0.2) is 0 Å². The minimum absolute atomic E-state index is 0.0723. The molecule has 1 N–H and O–H groups in total. The predicted octanol–water partition coefficient (Wildman–Crippen LogP) is 6.35. The van der Waals surface area contributed by atoms with Crippen molar-refractivity contribution in [2.75, 3.05) is 4.90 Å². The summed E-state index contributed by atoms with van der Waals surface area (Å²) in [5.74, 6) is -0.236. The number of pyridine rings is 1. The maximum absolute atomic E-state index is 13.5. The zero-order chi connectivity index (χ0) is 24.9. The smallest absolute Gasteiger partial charge is 0.265 e. The van der Waals surface area contributed by atoms with Crippen molar-refractivity contribution in [2.45, 2.75) is 18.0 Å². The second-order valence-corrected chi connectivity index (χ2v) is 9.79. The summed E-state index contributed by atoms with van der Waals surface area (Å²) in [5, 5.41) is 3.54. The molecular weight excluding hydrogens is 490 g/mol. The van der Waals surface area contributed by atoms with Gasteiger partial charge >= 0.3 is 0 Å². The lowest BCUT2D eigenvalue weighted by Crippen LogP contribution is -2.33. The van der Waals surface area contributed by atoms with Crippen molar-refractivity contribution in [2.24, 2.45) is 0 Å². The van der Waals surface area contributed by atoms with Crippen LogP contribution in [0.15, 0.2) is 107 Å². The Hall–Kier alpha value is -3.87. The van der Waals surface area contributed by atoms with E-state index in [0.717, 1.165) is 27.3 Å². The highest BCUT2D eigenvalue weighted by Crippen LogP contribution is 2.42. The quantitative estimate of drug-likeness (QED) is 0.307. The van der Waals surface area contributed by atoms with Crippen molar-refractivity contribution < 1.29 is 9.59 Å². The molecular formula is C29H22ClN3O2S. The summed E-state index contributed by atoms with van der Waals surface area (Å²) in [6, 6.07) is 26.4. The van der Waals surface area contributed by atoms with Crippen LogP contribution in [0, 0.1) is 0 Å². The fraction of sp³-hybridized carbons (Fsp3) is 0.0690. The average molecular weight is 512 g/mol. The Kier molecular flexibility index (Phi) is 7.16. The molecule has 0 atom stereocenters. The van der Waals surface area contributed by atoms with Gasteiger partial charge in [0, 0.05) is 34.4 Å². The number of nitrogens with one attached hydrogen (secondary N) is 1. The van der Waals surface area contributed by atoms with Crippen LogP contribution in [0.4, 0.5) is 5.69 Å². The van der Waals surface area contributed by atoms with Crippen LogP contribution in [0.3, 0.4) is 0 Å². The molecule has 178 valence electrons. The Bertz CT molecular complexity index is 1440. The van der Waals surface area contributed by atoms with E-state index >= 15 is 0 Å². The number of halogens is 1. The number of hydrogen-bond acceptors (Lipinski definition) is 4. The number of anilines is 1. The lowest BCUT2D eigenvalue weighted by Gasteiger charge is -2.30. The molecule has 0 radical (unpaired) electrons. The molecule has 1 aliphatic heterocycles. The molecule has 2 amide bonds. The first-order valence-electron chi connectivity index (χ1n) is 11.4. The van der Waals surface area contributed by atoms with Crippen LogP contribution in [0.1, 0.15) is 27.0 Å². The van der Waals surface area contributed by atoms with Crippen LogP contribution >= 0.6 is 23.4 Å². The van der Waals surface area contributed by atoms with Crippen molar-refractivity contribution in [1.29, 1.82) is 0 Å². The second kappa shape index (κ2) is 10.8. The van der Waals surface area contributed by atoms with Crippen LogP contribution in [-0.2, 0) is 17.9 Å². The summed E-state index contributed by atoms with van der Waals surface area (Å²) in [4.78, 5) is 33.5. The van der Waals surface area contributed by atoms with Crippen molar-refractivity contribution in [3.05, 3.63) is 130 Å². The summed E-state index contributed by atoms with van der Waals surface area (Å²) < 4.78 is 0. The van der Waals surface area contributed by atoms with Crippen LogP contribution in [0.25, 0.3) is 6.08 Å². The summed E-state index contributed by atoms with van der Waals surface area (Å²) in [7, 11) is 0. The predicted molar refractivity (Wildman–Crippen MR) is 145 cm³/mol. The van der Waals surface area contributed by atoms with E-state index in [1.54, 1.807) is 29.4 Å². The Morgan fingerprint density at radius 2 is 1.78 bits per heavy atom. The summed E-state index contributed by atoms with van der Waals surface area (Å²) >= 11 is 7.62. The van der Waals surface area contributed by atoms with Crippen molar-refractivity contribution >= 4 is 46.9 Å². The van der Waals surface area contributed by atoms with Gasteiger partial charge in [0.15, 0.2) is 0 Å². The number of amides is 2. The van der Waals surface area contributed by atoms with Gasteiger partial charge in [-0.15, -0.1) is 0 Å². The fourth-order valence-corrected chi connectivity index (χ4v) is 5.18. The number of carbonyl (C=O) groups is 2. The number of carbonyl (C=O) groups excluding carboxylic acids is 2. The van der Waals surface area contributed by atoms with Crippen LogP contribution in [0.2, 0.25) is 5.02 Å². The molecule has 5 nitrogen and oxygen atoms in total. The van der Waals surface area contributed by atoms with E-state index in [1.807, 2.05) is 78.9 Å². The summed E-state index contributed by atoms with van der Waals surface area (Å²) in [6.07, 6.45) is 5.29. The summed E-state index contributed by atoms with van der Waals surface area (Å²) in [6.45, 7) is 0.829. The van der Waals surface area contributed by atoms with E-state index < -0.39 is 0 Å². The zero-order valence-electron chi connectivity index (χ0n) is 19.2. The van der Waals surface area contributed by atoms with Gasteiger partial charge in [-0.1, -0.05) is 65.8 Å². The molecule has 2 heterocycles. The molecule has 0 fully saturated rings. The number of para-hydroxylation sites is 1. The number of thioether (sulfide) groups is 1. The fourth-order valence-electron chi connectivity index (χ4n) is 3.91. The Morgan fingerprint density at radius 1 is 0.972 bits per heavy atom. The van der Waals surface area contributed by atoms with Crippen molar-refractivity contribution in [3.63, 3.8) is 0 Å². The Balaban J connectivity index is 1.34. The number of aromatic nitrogens is 1. The van der Waals surface area contributed by atoms with Crippen molar-refractivity contribution in [3.8, 4) is 0 Å². The topological polar surface area (TPSA) is 62.3 Å². The first kappa shape index (κ1) is 23.9. The van der Waals surface area contributed by atoms with E-state index in [0.29, 0.717) is 28.6 Å². The Labute approximate surface area is 218 Å². The molecule has 0 saturated heterocycles. The molecule has 5 rings (SSSR count). The minimum atomic E-state index is -0.164. The molecule has 4 aromatic rings. The van der Waals surface area contributed by atoms with E-state index in [9.17, 15) is 9.59 Å². The van der Waals surface area contributed by atoms with Crippen molar-refractivity contribution in [1.82, 2.24) is 10.3 Å². The molecule has 1 aliphatic rings. The van der Waals surface area contributed by atoms with Gasteiger partial charge in [0.25, 0.3) is 11.8 Å². The average Bonchev–Trinajstić information content (AvgIpc) is 2.91. The van der Waals surface area contributed by atoms with Crippen LogP contribution < -0.4 is 10.2 Å². The van der Waals surface area contributed by atoms with Gasteiger partial charge in [-0.3, -0.25) is 14.6 Å².